The van der Waals surface area contributed by atoms with Gasteiger partial charge in [-0.3, -0.25) is 0 Å². The summed E-state index contributed by atoms with van der Waals surface area (Å²) in [6.45, 7) is 4.68. The Morgan fingerprint density at radius 1 is 1.18 bits per heavy atom. The van der Waals surface area contributed by atoms with E-state index in [9.17, 15) is 4.79 Å². The van der Waals surface area contributed by atoms with Gasteiger partial charge in [0.05, 0.1) is 6.61 Å². The first kappa shape index (κ1) is 15.8. The van der Waals surface area contributed by atoms with Gasteiger partial charge in [-0.2, -0.15) is 0 Å². The van der Waals surface area contributed by atoms with E-state index in [4.69, 9.17) is 4.74 Å². The number of unbranched alkanes of at least 4 members (excludes halogenated alkanes) is 4. The molecule has 0 rings (SSSR count). The Kier molecular flexibility index (Phi) is 11.9. The predicted molar refractivity (Wildman–Crippen MR) is 71.5 cm³/mol. The Morgan fingerprint density at radius 3 is 2.71 bits per heavy atom. The summed E-state index contributed by atoms with van der Waals surface area (Å²) in [5.41, 5.74) is 0. The van der Waals surface area contributed by atoms with Crippen molar-refractivity contribution in [3.8, 4) is 11.8 Å². The highest BCUT2D eigenvalue weighted by Crippen LogP contribution is 2.00. The molecule has 0 aliphatic rings. The number of carbonyl (C=O) groups excluding carboxylic acids is 1. The Bertz CT molecular complexity index is 268. The van der Waals surface area contributed by atoms with E-state index in [0.717, 1.165) is 25.7 Å². The second-order valence-electron chi connectivity index (χ2n) is 3.92. The van der Waals surface area contributed by atoms with E-state index in [1.807, 2.05) is 6.08 Å². The van der Waals surface area contributed by atoms with Crippen LogP contribution in [0.15, 0.2) is 12.2 Å². The fraction of sp³-hybridized carbons (Fsp3) is 0.667. The van der Waals surface area contributed by atoms with E-state index in [2.05, 4.69) is 31.8 Å². The zero-order chi connectivity index (χ0) is 12.8. The molecule has 0 saturated carbocycles. The molecule has 0 aromatic rings. The van der Waals surface area contributed by atoms with Crippen LogP contribution < -0.4 is 0 Å². The lowest BCUT2D eigenvalue weighted by atomic mass is 10.2. The summed E-state index contributed by atoms with van der Waals surface area (Å²) in [5, 5.41) is 0. The maximum absolute atomic E-state index is 11.1. The zero-order valence-electron chi connectivity index (χ0n) is 11.1. The smallest absolute Gasteiger partial charge is 0.384 e. The number of hydrogen-bond acceptors (Lipinski definition) is 2. The van der Waals surface area contributed by atoms with E-state index >= 15 is 0 Å². The van der Waals surface area contributed by atoms with Gasteiger partial charge in [-0.25, -0.2) is 4.79 Å². The highest BCUT2D eigenvalue weighted by atomic mass is 16.5. The molecule has 0 aromatic heterocycles. The molecule has 0 radical (unpaired) electrons. The molecule has 0 saturated heterocycles. The average Bonchev–Trinajstić information content (AvgIpc) is 2.33. The van der Waals surface area contributed by atoms with Crippen LogP contribution in [0, 0.1) is 11.8 Å². The van der Waals surface area contributed by atoms with Crippen molar-refractivity contribution in [1.82, 2.24) is 0 Å². The number of ether oxygens (including phenoxy) is 1. The summed E-state index contributed by atoms with van der Waals surface area (Å²) in [5.74, 6) is 4.97. The fourth-order valence-electron chi connectivity index (χ4n) is 1.32. The van der Waals surface area contributed by atoms with Crippen LogP contribution in [0.5, 0.6) is 0 Å². The van der Waals surface area contributed by atoms with Crippen molar-refractivity contribution in [2.75, 3.05) is 6.61 Å². The van der Waals surface area contributed by atoms with Gasteiger partial charge in [-0.05, 0) is 19.3 Å². The number of hydrogen-bond donors (Lipinski definition) is 0. The van der Waals surface area contributed by atoms with Crippen LogP contribution in [-0.2, 0) is 9.53 Å². The van der Waals surface area contributed by atoms with Crippen LogP contribution in [0.3, 0.4) is 0 Å². The van der Waals surface area contributed by atoms with Gasteiger partial charge in [-0.15, -0.1) is 0 Å². The normalized spacial score (nSPS) is 10.0. The molecule has 0 heterocycles. The topological polar surface area (TPSA) is 26.3 Å². The van der Waals surface area contributed by atoms with Crippen molar-refractivity contribution in [2.45, 2.75) is 58.8 Å². The molecule has 0 aliphatic carbocycles. The second-order valence-corrected chi connectivity index (χ2v) is 3.92. The quantitative estimate of drug-likeness (QED) is 0.210. The third-order valence-electron chi connectivity index (χ3n) is 2.27. The Hall–Kier alpha value is -1.23. The lowest BCUT2D eigenvalue weighted by Gasteiger charge is -1.96. The minimum absolute atomic E-state index is 0.398. The lowest BCUT2D eigenvalue weighted by Crippen LogP contribution is -2.01. The van der Waals surface area contributed by atoms with Crippen LogP contribution in [0.2, 0.25) is 0 Å². The zero-order valence-corrected chi connectivity index (χ0v) is 11.1. The van der Waals surface area contributed by atoms with E-state index in [-0.39, 0.29) is 0 Å². The number of rotatable bonds is 8. The van der Waals surface area contributed by atoms with Gasteiger partial charge >= 0.3 is 5.97 Å². The van der Waals surface area contributed by atoms with Crippen LogP contribution in [0.1, 0.15) is 58.8 Å². The molecule has 2 nitrogen and oxygen atoms in total. The maximum atomic E-state index is 11.1. The third-order valence-corrected chi connectivity index (χ3v) is 2.27. The summed E-state index contributed by atoms with van der Waals surface area (Å²) in [6.07, 6.45) is 11.4. The largest absolute Gasteiger partial charge is 0.456 e. The number of carbonyl (C=O) groups is 1. The first-order valence-electron chi connectivity index (χ1n) is 6.61. The maximum Gasteiger partial charge on any atom is 0.384 e. The summed E-state index contributed by atoms with van der Waals surface area (Å²) >= 11 is 0. The van der Waals surface area contributed by atoms with Crippen molar-refractivity contribution < 1.29 is 9.53 Å². The molecule has 0 atom stereocenters. The van der Waals surface area contributed by atoms with E-state index < -0.39 is 5.97 Å². The Balaban J connectivity index is 3.44. The standard InChI is InChI=1S/C15H24O2/c1-3-5-7-9-10-11-13-15(16)17-14-12-8-6-4-2/h6,8H,3-5,7,9-10,12,14H2,1-2H3/b8-6-. The van der Waals surface area contributed by atoms with Crippen molar-refractivity contribution >= 4 is 5.97 Å². The third kappa shape index (κ3) is 12.7. The summed E-state index contributed by atoms with van der Waals surface area (Å²) in [6, 6.07) is 0. The highest BCUT2D eigenvalue weighted by Gasteiger charge is 1.94. The minimum Gasteiger partial charge on any atom is -0.456 e. The fourth-order valence-corrected chi connectivity index (χ4v) is 1.32. The van der Waals surface area contributed by atoms with Crippen molar-refractivity contribution in [3.63, 3.8) is 0 Å². The molecule has 0 N–H and O–H groups in total. The monoisotopic (exact) mass is 236 g/mol. The van der Waals surface area contributed by atoms with Gasteiger partial charge in [-0.1, -0.05) is 51.2 Å². The molecule has 17 heavy (non-hydrogen) atoms. The van der Waals surface area contributed by atoms with Crippen molar-refractivity contribution in [3.05, 3.63) is 12.2 Å². The Morgan fingerprint density at radius 2 is 2.00 bits per heavy atom. The summed E-state index contributed by atoms with van der Waals surface area (Å²) in [7, 11) is 0. The molecule has 0 amide bonds. The van der Waals surface area contributed by atoms with Gasteiger partial charge in [0.25, 0.3) is 0 Å². The van der Waals surface area contributed by atoms with Crippen molar-refractivity contribution in [2.24, 2.45) is 0 Å². The molecule has 96 valence electrons. The van der Waals surface area contributed by atoms with E-state index in [1.54, 1.807) is 0 Å². The predicted octanol–water partition coefficient (Wildman–Crippen LogP) is 3.86. The van der Waals surface area contributed by atoms with E-state index in [1.165, 1.54) is 19.3 Å². The van der Waals surface area contributed by atoms with Crippen LogP contribution in [-0.4, -0.2) is 12.6 Å². The first-order chi connectivity index (χ1) is 8.31. The average molecular weight is 236 g/mol. The SMILES string of the molecule is CC/C=C\CCOC(=O)C#CCCCCCC. The summed E-state index contributed by atoms with van der Waals surface area (Å²) in [4.78, 5) is 11.1. The van der Waals surface area contributed by atoms with Gasteiger partial charge in [0, 0.05) is 12.3 Å². The molecular formula is C15H24O2. The lowest BCUT2D eigenvalue weighted by molar-refractivity contribution is -0.136. The van der Waals surface area contributed by atoms with Gasteiger partial charge in [0.1, 0.15) is 0 Å². The molecule has 0 aromatic carbocycles. The van der Waals surface area contributed by atoms with Crippen molar-refractivity contribution in [1.29, 1.82) is 0 Å². The molecule has 0 aliphatic heterocycles. The van der Waals surface area contributed by atoms with Crippen LogP contribution >= 0.6 is 0 Å². The number of esters is 1. The van der Waals surface area contributed by atoms with Crippen LogP contribution in [0.25, 0.3) is 0 Å². The van der Waals surface area contributed by atoms with Gasteiger partial charge < -0.3 is 4.74 Å². The van der Waals surface area contributed by atoms with Crippen LogP contribution in [0.4, 0.5) is 0 Å². The second kappa shape index (κ2) is 12.8. The molecule has 2 heteroatoms. The molecular weight excluding hydrogens is 212 g/mol. The molecule has 0 spiro atoms. The number of allylic oxidation sites excluding steroid dienone is 1. The van der Waals surface area contributed by atoms with Gasteiger partial charge in [0.2, 0.25) is 0 Å². The van der Waals surface area contributed by atoms with Gasteiger partial charge in [0.15, 0.2) is 0 Å². The summed E-state index contributed by atoms with van der Waals surface area (Å²) < 4.78 is 4.95. The minimum atomic E-state index is -0.398. The molecule has 0 bridgehead atoms. The first-order valence-corrected chi connectivity index (χ1v) is 6.61. The molecule has 0 fully saturated rings. The van der Waals surface area contributed by atoms with E-state index in [0.29, 0.717) is 6.61 Å². The highest BCUT2D eigenvalue weighted by molar-refractivity contribution is 5.88. The molecule has 0 unspecified atom stereocenters. The Labute approximate surface area is 105 Å².